The van der Waals surface area contributed by atoms with Crippen LogP contribution in [0.2, 0.25) is 0 Å². The van der Waals surface area contributed by atoms with Crippen molar-refractivity contribution in [3.05, 3.63) is 70.0 Å². The second-order valence-electron chi connectivity index (χ2n) is 5.67. The number of hydrogen-bond donors (Lipinski definition) is 0. The molecule has 136 valence electrons. The minimum Gasteiger partial charge on any atom is -0.493 e. The quantitative estimate of drug-likeness (QED) is 0.216. The van der Waals surface area contributed by atoms with E-state index < -0.39 is 89.2 Å². The molecule has 2 aliphatic rings. The second-order valence-corrected chi connectivity index (χ2v) is 5.67. The van der Waals surface area contributed by atoms with Crippen molar-refractivity contribution in [2.24, 2.45) is 0 Å². The van der Waals surface area contributed by atoms with Crippen molar-refractivity contribution >= 4 is 21.5 Å². The molecular weight excluding hydrogens is 379 g/mol. The first-order valence-corrected chi connectivity index (χ1v) is 7.12. The monoisotopic (exact) mass is 382 g/mol. The average molecular weight is 382 g/mol. The fraction of sp³-hybridized carbons (Fsp3) is 0.0588. The minimum atomic E-state index is -2.26. The Morgan fingerprint density at radius 1 is 0.519 bits per heavy atom. The van der Waals surface area contributed by atoms with Crippen LogP contribution in [-0.4, -0.2) is 7.11 Å². The van der Waals surface area contributed by atoms with Gasteiger partial charge in [-0.3, -0.25) is 19.2 Å². The van der Waals surface area contributed by atoms with E-state index in [9.17, 15) is 41.1 Å². The number of hydrogen-bond acceptors (Lipinski definition) is 5. The summed E-state index contributed by atoms with van der Waals surface area (Å²) in [6.45, 7) is 0. The zero-order chi connectivity index (χ0) is 19.9. The van der Waals surface area contributed by atoms with Gasteiger partial charge in [0, 0.05) is 11.1 Å². The predicted molar refractivity (Wildman–Crippen MR) is 83.1 cm³/mol. The van der Waals surface area contributed by atoms with E-state index in [1.807, 2.05) is 0 Å². The highest BCUT2D eigenvalue weighted by Gasteiger charge is 2.36. The molecule has 0 aliphatic heterocycles. The van der Waals surface area contributed by atoms with E-state index in [4.69, 9.17) is 0 Å². The molecule has 0 N–H and O–H groups in total. The van der Waals surface area contributed by atoms with E-state index in [1.165, 1.54) is 0 Å². The molecule has 0 radical (unpaired) electrons. The molecule has 5 nitrogen and oxygen atoms in total. The molecule has 4 rings (SSSR count). The largest absolute Gasteiger partial charge is 0.493 e. The summed E-state index contributed by atoms with van der Waals surface area (Å²) in [5, 5.41) is -4.93. The highest BCUT2D eigenvalue weighted by atomic mass is 19.2. The molecule has 0 saturated carbocycles. The molecule has 0 spiro atoms. The van der Waals surface area contributed by atoms with Gasteiger partial charge in [0.05, 0.1) is 28.7 Å². The average Bonchev–Trinajstić information content (AvgIpc) is 2.63. The Hall–Kier alpha value is -3.43. The highest BCUT2D eigenvalue weighted by molar-refractivity contribution is 6.13. The Morgan fingerprint density at radius 3 is 1.26 bits per heavy atom. The zero-order valence-corrected chi connectivity index (χ0v) is 12.9. The van der Waals surface area contributed by atoms with Crippen molar-refractivity contribution in [2.45, 2.75) is 0 Å². The smallest absolute Gasteiger partial charge is 0.238 e. The fourth-order valence-corrected chi connectivity index (χ4v) is 3.33. The lowest BCUT2D eigenvalue weighted by Crippen LogP contribution is -2.34. The summed E-state index contributed by atoms with van der Waals surface area (Å²) in [4.78, 5) is 49.0. The van der Waals surface area contributed by atoms with Crippen molar-refractivity contribution in [3.8, 4) is 16.9 Å². The maximum atomic E-state index is 14.4. The van der Waals surface area contributed by atoms with Crippen LogP contribution in [0.4, 0.5) is 22.0 Å². The molecule has 10 heteroatoms. The van der Waals surface area contributed by atoms with Gasteiger partial charge in [-0.2, -0.15) is 4.39 Å². The van der Waals surface area contributed by atoms with E-state index in [0.717, 1.165) is 7.11 Å². The van der Waals surface area contributed by atoms with Gasteiger partial charge in [0.25, 0.3) is 0 Å². The Kier molecular flexibility index (Phi) is 3.19. The van der Waals surface area contributed by atoms with Crippen molar-refractivity contribution in [3.63, 3.8) is 0 Å². The van der Waals surface area contributed by atoms with Gasteiger partial charge in [0.15, 0.2) is 29.0 Å². The first-order valence-electron chi connectivity index (χ1n) is 7.12. The first-order chi connectivity index (χ1) is 12.6. The molecule has 2 aromatic carbocycles. The van der Waals surface area contributed by atoms with Gasteiger partial charge in [-0.05, 0) is 0 Å². The van der Waals surface area contributed by atoms with Crippen molar-refractivity contribution < 1.29 is 26.7 Å². The van der Waals surface area contributed by atoms with Crippen molar-refractivity contribution in [2.75, 3.05) is 7.11 Å². The summed E-state index contributed by atoms with van der Waals surface area (Å²) in [6, 6.07) is 0. The second kappa shape index (κ2) is 5.06. The maximum Gasteiger partial charge on any atom is 0.238 e. The molecule has 2 aromatic rings. The summed E-state index contributed by atoms with van der Waals surface area (Å²) in [7, 11) is 0.816. The molecule has 27 heavy (non-hydrogen) atoms. The Balaban J connectivity index is 2.66. The third-order valence-electron chi connectivity index (χ3n) is 4.44. The third kappa shape index (κ3) is 1.72. The molecule has 0 aromatic heterocycles. The van der Waals surface area contributed by atoms with Crippen LogP contribution in [0.1, 0.15) is 0 Å². The summed E-state index contributed by atoms with van der Waals surface area (Å²) in [6.07, 6.45) is 0. The Bertz CT molecular complexity index is 1480. The number of ether oxygens (including phenoxy) is 1. The predicted octanol–water partition coefficient (Wildman–Crippen LogP) is 1.56. The van der Waals surface area contributed by atoms with Crippen molar-refractivity contribution in [1.29, 1.82) is 0 Å². The number of benzene rings is 4. The summed E-state index contributed by atoms with van der Waals surface area (Å²) in [5.74, 6) is -11.3. The van der Waals surface area contributed by atoms with Crippen LogP contribution in [0.3, 0.4) is 0 Å². The van der Waals surface area contributed by atoms with Crippen LogP contribution in [0.25, 0.3) is 32.7 Å². The molecule has 2 aliphatic carbocycles. The fourth-order valence-electron chi connectivity index (χ4n) is 3.33. The van der Waals surface area contributed by atoms with Crippen molar-refractivity contribution in [1.82, 2.24) is 0 Å². The third-order valence-corrected chi connectivity index (χ3v) is 4.44. The summed E-state index contributed by atoms with van der Waals surface area (Å²) >= 11 is 0. The van der Waals surface area contributed by atoms with Crippen LogP contribution in [0, 0.1) is 29.1 Å². The van der Waals surface area contributed by atoms with Gasteiger partial charge in [-0.25, -0.2) is 17.6 Å². The molecule has 0 bridgehead atoms. The molecule has 0 heterocycles. The molecule has 0 fully saturated rings. The lowest BCUT2D eigenvalue weighted by Gasteiger charge is -2.18. The molecule has 0 amide bonds. The topological polar surface area (TPSA) is 77.5 Å². The normalized spacial score (nSPS) is 11.9. The maximum absolute atomic E-state index is 14.4. The molecule has 0 atom stereocenters. The standard InChI is InChI=1S/C17H3F5O5/c1-27-17-7-3-2-4(13(23)14(24)6(3)10(20)12(17)22)8(18)11(21)9(19)5(2)15(25)16(7)26/h1H3. The number of methoxy groups -OCH3 is 1. The van der Waals surface area contributed by atoms with Gasteiger partial charge in [-0.15, -0.1) is 0 Å². The number of halogens is 5. The van der Waals surface area contributed by atoms with Crippen LogP contribution in [-0.2, 0) is 0 Å². The van der Waals surface area contributed by atoms with Crippen LogP contribution in [0.5, 0.6) is 5.75 Å². The van der Waals surface area contributed by atoms with E-state index in [2.05, 4.69) is 4.74 Å². The van der Waals surface area contributed by atoms with Crippen LogP contribution >= 0.6 is 0 Å². The van der Waals surface area contributed by atoms with E-state index >= 15 is 0 Å². The van der Waals surface area contributed by atoms with Gasteiger partial charge in [0.2, 0.25) is 27.5 Å². The molecular formula is C17H3F5O5. The summed E-state index contributed by atoms with van der Waals surface area (Å²) < 4.78 is 75.4. The van der Waals surface area contributed by atoms with Gasteiger partial charge in [0.1, 0.15) is 0 Å². The first kappa shape index (κ1) is 17.0. The highest BCUT2D eigenvalue weighted by Crippen LogP contribution is 2.42. The zero-order valence-electron chi connectivity index (χ0n) is 12.9. The lowest BCUT2D eigenvalue weighted by molar-refractivity contribution is 0.378. The molecule has 0 unspecified atom stereocenters. The minimum absolute atomic E-state index is 0.816. The number of rotatable bonds is 1. The Labute approximate surface area is 143 Å². The molecule has 0 saturated heterocycles. The van der Waals surface area contributed by atoms with E-state index in [0.29, 0.717) is 0 Å². The van der Waals surface area contributed by atoms with Crippen LogP contribution < -0.4 is 26.5 Å². The van der Waals surface area contributed by atoms with Gasteiger partial charge < -0.3 is 4.74 Å². The van der Waals surface area contributed by atoms with Gasteiger partial charge in [-0.1, -0.05) is 0 Å². The van der Waals surface area contributed by atoms with Crippen LogP contribution in [0.15, 0.2) is 19.2 Å². The summed E-state index contributed by atoms with van der Waals surface area (Å²) in [5.41, 5.74) is -8.83. The van der Waals surface area contributed by atoms with Gasteiger partial charge >= 0.3 is 0 Å². The van der Waals surface area contributed by atoms with E-state index in [-0.39, 0.29) is 0 Å². The SMILES string of the molecule is COc1c(F)c(F)c2c3c1c(=O)c(=O)c1c(F)c(F)c(F)c(c1-3)c(=O)c2=O. The van der Waals surface area contributed by atoms with E-state index in [1.54, 1.807) is 0 Å². The Morgan fingerprint density at radius 2 is 0.852 bits per heavy atom. The lowest BCUT2D eigenvalue weighted by atomic mass is 9.85.